The normalized spacial score (nSPS) is 10.4. The van der Waals surface area contributed by atoms with Gasteiger partial charge in [0.1, 0.15) is 0 Å². The smallest absolute Gasteiger partial charge is 0.341 e. The minimum atomic E-state index is -0.824. The Balaban J connectivity index is 2.06. The topological polar surface area (TPSA) is 111 Å². The van der Waals surface area contributed by atoms with Gasteiger partial charge in [0.25, 0.3) is 11.6 Å². The molecular weight excluding hydrogens is 350 g/mol. The van der Waals surface area contributed by atoms with Gasteiger partial charge in [-0.3, -0.25) is 14.9 Å². The van der Waals surface area contributed by atoms with Crippen molar-refractivity contribution in [2.45, 2.75) is 19.8 Å². The van der Waals surface area contributed by atoms with E-state index in [1.165, 1.54) is 12.1 Å². The minimum Gasteiger partial charge on any atom is -0.452 e. The van der Waals surface area contributed by atoms with Crippen molar-refractivity contribution in [3.63, 3.8) is 0 Å². The number of carbonyl (C=O) groups excluding carboxylic acids is 2. The van der Waals surface area contributed by atoms with Gasteiger partial charge in [0, 0.05) is 30.6 Å². The van der Waals surface area contributed by atoms with E-state index in [9.17, 15) is 19.7 Å². The fourth-order valence-corrected chi connectivity index (χ4v) is 2.54. The lowest BCUT2D eigenvalue weighted by atomic mass is 10.0. The zero-order chi connectivity index (χ0) is 20.0. The van der Waals surface area contributed by atoms with Crippen molar-refractivity contribution in [3.05, 3.63) is 63.7 Å². The van der Waals surface area contributed by atoms with Crippen molar-refractivity contribution in [2.75, 3.05) is 24.3 Å². The molecule has 0 aliphatic heterocycles. The molecular formula is C19H21N3O5. The summed E-state index contributed by atoms with van der Waals surface area (Å²) in [5.41, 5.74) is 1.74. The van der Waals surface area contributed by atoms with Gasteiger partial charge in [0.2, 0.25) is 0 Å². The molecule has 0 saturated heterocycles. The highest BCUT2D eigenvalue weighted by Gasteiger charge is 2.19. The van der Waals surface area contributed by atoms with E-state index in [0.29, 0.717) is 11.4 Å². The number of amides is 1. The Morgan fingerprint density at radius 2 is 1.85 bits per heavy atom. The summed E-state index contributed by atoms with van der Waals surface area (Å²) in [6, 6.07) is 11.2. The molecule has 0 aliphatic carbocycles. The molecule has 2 aromatic rings. The van der Waals surface area contributed by atoms with Crippen LogP contribution in [0.15, 0.2) is 42.5 Å². The molecule has 1 amide bonds. The number of rotatable bonds is 7. The second kappa shape index (κ2) is 8.79. The van der Waals surface area contributed by atoms with Crippen LogP contribution in [0.2, 0.25) is 0 Å². The number of non-ortho nitro benzene ring substituents is 1. The van der Waals surface area contributed by atoms with Gasteiger partial charge in [-0.15, -0.1) is 0 Å². The summed E-state index contributed by atoms with van der Waals surface area (Å²) in [4.78, 5) is 34.7. The molecule has 0 bridgehead atoms. The quantitative estimate of drug-likeness (QED) is 0.437. The number of ether oxygens (including phenoxy) is 1. The summed E-state index contributed by atoms with van der Waals surface area (Å²) < 4.78 is 5.03. The standard InChI is InChI=1S/C19H21N3O5/c1-12(2)14-6-4-5-7-17(14)21-18(23)11-27-19(24)15-10-13(22(25)26)8-9-16(15)20-3/h4-10,12,20H,11H2,1-3H3,(H,21,23). The zero-order valence-electron chi connectivity index (χ0n) is 15.3. The van der Waals surface area contributed by atoms with Crippen LogP contribution in [-0.2, 0) is 9.53 Å². The predicted octanol–water partition coefficient (Wildman–Crippen LogP) is 3.56. The second-order valence-corrected chi connectivity index (χ2v) is 6.10. The number of nitrogens with one attached hydrogen (secondary N) is 2. The fraction of sp³-hybridized carbons (Fsp3) is 0.263. The lowest BCUT2D eigenvalue weighted by Crippen LogP contribution is -2.22. The van der Waals surface area contributed by atoms with E-state index < -0.39 is 23.4 Å². The fourth-order valence-electron chi connectivity index (χ4n) is 2.54. The molecule has 0 spiro atoms. The maximum atomic E-state index is 12.3. The molecule has 142 valence electrons. The van der Waals surface area contributed by atoms with Crippen LogP contribution in [0.3, 0.4) is 0 Å². The first kappa shape index (κ1) is 19.9. The van der Waals surface area contributed by atoms with Crippen LogP contribution < -0.4 is 10.6 Å². The van der Waals surface area contributed by atoms with E-state index in [1.54, 1.807) is 19.2 Å². The SMILES string of the molecule is CNc1ccc([N+](=O)[O-])cc1C(=O)OCC(=O)Nc1ccccc1C(C)C. The largest absolute Gasteiger partial charge is 0.452 e. The van der Waals surface area contributed by atoms with Crippen molar-refractivity contribution < 1.29 is 19.2 Å². The van der Waals surface area contributed by atoms with Crippen LogP contribution in [0.4, 0.5) is 17.1 Å². The predicted molar refractivity (Wildman–Crippen MR) is 102 cm³/mol. The number of nitro benzene ring substituents is 1. The molecule has 27 heavy (non-hydrogen) atoms. The number of para-hydroxylation sites is 1. The van der Waals surface area contributed by atoms with E-state index >= 15 is 0 Å². The monoisotopic (exact) mass is 371 g/mol. The molecule has 8 heteroatoms. The molecule has 0 radical (unpaired) electrons. The number of nitro groups is 1. The third kappa shape index (κ3) is 5.04. The van der Waals surface area contributed by atoms with E-state index in [0.717, 1.165) is 11.6 Å². The summed E-state index contributed by atoms with van der Waals surface area (Å²) in [6.07, 6.45) is 0. The first-order valence-electron chi connectivity index (χ1n) is 8.35. The summed E-state index contributed by atoms with van der Waals surface area (Å²) in [7, 11) is 1.58. The van der Waals surface area contributed by atoms with Crippen LogP contribution in [0.5, 0.6) is 0 Å². The zero-order valence-corrected chi connectivity index (χ0v) is 15.3. The third-order valence-electron chi connectivity index (χ3n) is 3.89. The second-order valence-electron chi connectivity index (χ2n) is 6.10. The minimum absolute atomic E-state index is 0.0120. The number of nitrogens with zero attached hydrogens (tertiary/aromatic N) is 1. The average Bonchev–Trinajstić information content (AvgIpc) is 2.65. The molecule has 0 aliphatic rings. The van der Waals surface area contributed by atoms with Crippen molar-refractivity contribution in [1.29, 1.82) is 0 Å². The van der Waals surface area contributed by atoms with E-state index in [4.69, 9.17) is 4.74 Å². The number of hydrogen-bond donors (Lipinski definition) is 2. The van der Waals surface area contributed by atoms with E-state index in [1.807, 2.05) is 26.0 Å². The molecule has 0 fully saturated rings. The van der Waals surface area contributed by atoms with Crippen molar-refractivity contribution in [3.8, 4) is 0 Å². The molecule has 0 atom stereocenters. The molecule has 0 heterocycles. The summed E-state index contributed by atoms with van der Waals surface area (Å²) in [5, 5.41) is 16.4. The molecule has 8 nitrogen and oxygen atoms in total. The van der Waals surface area contributed by atoms with Crippen molar-refractivity contribution in [1.82, 2.24) is 0 Å². The molecule has 0 saturated carbocycles. The number of benzene rings is 2. The number of hydrogen-bond acceptors (Lipinski definition) is 6. The number of carbonyl (C=O) groups is 2. The molecule has 2 aromatic carbocycles. The highest BCUT2D eigenvalue weighted by molar-refractivity contribution is 5.99. The van der Waals surface area contributed by atoms with Crippen LogP contribution in [0, 0.1) is 10.1 Å². The van der Waals surface area contributed by atoms with Crippen LogP contribution in [0.25, 0.3) is 0 Å². The van der Waals surface area contributed by atoms with Gasteiger partial charge in [-0.25, -0.2) is 4.79 Å². The average molecular weight is 371 g/mol. The first-order chi connectivity index (χ1) is 12.8. The van der Waals surface area contributed by atoms with Crippen LogP contribution >= 0.6 is 0 Å². The van der Waals surface area contributed by atoms with Gasteiger partial charge in [-0.2, -0.15) is 0 Å². The van der Waals surface area contributed by atoms with Gasteiger partial charge >= 0.3 is 5.97 Å². The van der Waals surface area contributed by atoms with E-state index in [-0.39, 0.29) is 17.2 Å². The highest BCUT2D eigenvalue weighted by Crippen LogP contribution is 2.24. The van der Waals surface area contributed by atoms with Gasteiger partial charge in [0.05, 0.1) is 10.5 Å². The van der Waals surface area contributed by atoms with Gasteiger partial charge in [-0.05, 0) is 23.6 Å². The maximum absolute atomic E-state index is 12.3. The lowest BCUT2D eigenvalue weighted by molar-refractivity contribution is -0.384. The Bertz CT molecular complexity index is 864. The number of anilines is 2. The summed E-state index contributed by atoms with van der Waals surface area (Å²) in [5.74, 6) is -1.10. The first-order valence-corrected chi connectivity index (χ1v) is 8.35. The number of esters is 1. The third-order valence-corrected chi connectivity index (χ3v) is 3.89. The van der Waals surface area contributed by atoms with Crippen molar-refractivity contribution in [2.24, 2.45) is 0 Å². The Hall–Kier alpha value is -3.42. The summed E-state index contributed by atoms with van der Waals surface area (Å²) in [6.45, 7) is 3.51. The van der Waals surface area contributed by atoms with Gasteiger partial charge in [0.15, 0.2) is 6.61 Å². The molecule has 2 rings (SSSR count). The molecule has 2 N–H and O–H groups in total. The van der Waals surface area contributed by atoms with E-state index in [2.05, 4.69) is 10.6 Å². The Labute approximate surface area is 156 Å². The Morgan fingerprint density at radius 1 is 1.15 bits per heavy atom. The summed E-state index contributed by atoms with van der Waals surface area (Å²) >= 11 is 0. The van der Waals surface area contributed by atoms with Gasteiger partial charge < -0.3 is 15.4 Å². The lowest BCUT2D eigenvalue weighted by Gasteiger charge is -2.14. The van der Waals surface area contributed by atoms with Crippen LogP contribution in [0.1, 0.15) is 35.7 Å². The van der Waals surface area contributed by atoms with Crippen molar-refractivity contribution >= 4 is 28.9 Å². The van der Waals surface area contributed by atoms with Gasteiger partial charge in [-0.1, -0.05) is 32.0 Å². The Kier molecular flexibility index (Phi) is 6.48. The molecule has 0 aromatic heterocycles. The van der Waals surface area contributed by atoms with Crippen LogP contribution in [-0.4, -0.2) is 30.5 Å². The Morgan fingerprint density at radius 3 is 2.48 bits per heavy atom. The molecule has 0 unspecified atom stereocenters. The maximum Gasteiger partial charge on any atom is 0.341 e. The highest BCUT2D eigenvalue weighted by atomic mass is 16.6.